The van der Waals surface area contributed by atoms with Crippen LogP contribution in [-0.2, 0) is 6.54 Å². The van der Waals surface area contributed by atoms with Crippen LogP contribution < -0.4 is 5.32 Å². The molecule has 3 nitrogen and oxygen atoms in total. The van der Waals surface area contributed by atoms with Crippen molar-refractivity contribution in [3.05, 3.63) is 30.1 Å². The molecule has 0 aliphatic heterocycles. The Morgan fingerprint density at radius 3 is 3.00 bits per heavy atom. The third-order valence-electron chi connectivity index (χ3n) is 3.54. The zero-order valence-corrected chi connectivity index (χ0v) is 10.9. The lowest BCUT2D eigenvalue weighted by molar-refractivity contribution is 0.313. The SMILES string of the molecule is CC1CC1CN(C)CCNCc1cccnc1. The highest BCUT2D eigenvalue weighted by Gasteiger charge is 2.32. The van der Waals surface area contributed by atoms with Gasteiger partial charge in [0.1, 0.15) is 0 Å². The van der Waals surface area contributed by atoms with Crippen LogP contribution in [0.1, 0.15) is 18.9 Å². The van der Waals surface area contributed by atoms with Gasteiger partial charge >= 0.3 is 0 Å². The second-order valence-electron chi connectivity index (χ2n) is 5.27. The Labute approximate surface area is 104 Å². The summed E-state index contributed by atoms with van der Waals surface area (Å²) in [5, 5.41) is 3.46. The number of nitrogens with one attached hydrogen (secondary N) is 1. The summed E-state index contributed by atoms with van der Waals surface area (Å²) in [5.41, 5.74) is 1.26. The molecule has 2 rings (SSSR count). The zero-order valence-electron chi connectivity index (χ0n) is 10.9. The molecule has 1 fully saturated rings. The van der Waals surface area contributed by atoms with Gasteiger partial charge in [-0.05, 0) is 36.9 Å². The van der Waals surface area contributed by atoms with E-state index in [-0.39, 0.29) is 0 Å². The highest BCUT2D eigenvalue weighted by atomic mass is 15.1. The first-order chi connectivity index (χ1) is 8.25. The Bertz CT molecular complexity index is 325. The van der Waals surface area contributed by atoms with Crippen molar-refractivity contribution in [2.24, 2.45) is 11.8 Å². The fourth-order valence-corrected chi connectivity index (χ4v) is 2.15. The second kappa shape index (κ2) is 6.12. The quantitative estimate of drug-likeness (QED) is 0.727. The Hall–Kier alpha value is -0.930. The van der Waals surface area contributed by atoms with Crippen molar-refractivity contribution < 1.29 is 0 Å². The molecule has 1 N–H and O–H groups in total. The number of hydrogen-bond donors (Lipinski definition) is 1. The van der Waals surface area contributed by atoms with Gasteiger partial charge in [-0.2, -0.15) is 0 Å². The molecule has 0 radical (unpaired) electrons. The number of pyridine rings is 1. The van der Waals surface area contributed by atoms with Crippen molar-refractivity contribution in [1.82, 2.24) is 15.2 Å². The summed E-state index contributed by atoms with van der Waals surface area (Å²) in [7, 11) is 2.22. The average molecular weight is 233 g/mol. The maximum absolute atomic E-state index is 4.10. The van der Waals surface area contributed by atoms with Crippen molar-refractivity contribution in [2.75, 3.05) is 26.7 Å². The molecule has 94 valence electrons. The van der Waals surface area contributed by atoms with Gasteiger partial charge in [-0.25, -0.2) is 0 Å². The second-order valence-corrected chi connectivity index (χ2v) is 5.27. The highest BCUT2D eigenvalue weighted by molar-refractivity contribution is 5.07. The zero-order chi connectivity index (χ0) is 12.1. The highest BCUT2D eigenvalue weighted by Crippen LogP contribution is 2.37. The molecule has 0 saturated heterocycles. The molecular formula is C14H23N3. The molecule has 2 atom stereocenters. The molecule has 0 aromatic carbocycles. The van der Waals surface area contributed by atoms with E-state index in [1.165, 1.54) is 18.5 Å². The minimum Gasteiger partial charge on any atom is -0.311 e. The lowest BCUT2D eigenvalue weighted by Crippen LogP contribution is -2.30. The van der Waals surface area contributed by atoms with Crippen LogP contribution >= 0.6 is 0 Å². The Balaban J connectivity index is 1.54. The monoisotopic (exact) mass is 233 g/mol. The lowest BCUT2D eigenvalue weighted by Gasteiger charge is -2.16. The van der Waals surface area contributed by atoms with Crippen molar-refractivity contribution in [3.63, 3.8) is 0 Å². The van der Waals surface area contributed by atoms with Gasteiger partial charge in [0, 0.05) is 38.6 Å². The van der Waals surface area contributed by atoms with Gasteiger partial charge in [0.2, 0.25) is 0 Å². The average Bonchev–Trinajstić information content (AvgIpc) is 3.02. The van der Waals surface area contributed by atoms with Crippen LogP contribution in [0.15, 0.2) is 24.5 Å². The maximum atomic E-state index is 4.10. The molecule has 3 heteroatoms. The van der Waals surface area contributed by atoms with E-state index in [2.05, 4.69) is 35.2 Å². The maximum Gasteiger partial charge on any atom is 0.0312 e. The predicted octanol–water partition coefficient (Wildman–Crippen LogP) is 1.76. The van der Waals surface area contributed by atoms with Crippen LogP contribution in [-0.4, -0.2) is 36.6 Å². The molecule has 0 spiro atoms. The van der Waals surface area contributed by atoms with E-state index >= 15 is 0 Å². The summed E-state index contributed by atoms with van der Waals surface area (Å²) in [4.78, 5) is 6.54. The molecule has 17 heavy (non-hydrogen) atoms. The third kappa shape index (κ3) is 4.44. The fourth-order valence-electron chi connectivity index (χ4n) is 2.15. The van der Waals surface area contributed by atoms with Crippen molar-refractivity contribution >= 4 is 0 Å². The van der Waals surface area contributed by atoms with Gasteiger partial charge in [-0.15, -0.1) is 0 Å². The number of hydrogen-bond acceptors (Lipinski definition) is 3. The molecule has 1 heterocycles. The summed E-state index contributed by atoms with van der Waals surface area (Å²) >= 11 is 0. The molecule has 1 aromatic heterocycles. The summed E-state index contributed by atoms with van der Waals surface area (Å²) in [6.45, 7) is 6.70. The number of aromatic nitrogens is 1. The van der Waals surface area contributed by atoms with Crippen LogP contribution in [0.3, 0.4) is 0 Å². The van der Waals surface area contributed by atoms with Crippen molar-refractivity contribution in [1.29, 1.82) is 0 Å². The molecule has 0 amide bonds. The topological polar surface area (TPSA) is 28.2 Å². The van der Waals surface area contributed by atoms with E-state index in [4.69, 9.17) is 0 Å². The Morgan fingerprint density at radius 1 is 1.53 bits per heavy atom. The minimum atomic E-state index is 0.918. The fraction of sp³-hybridized carbons (Fsp3) is 0.643. The first-order valence-electron chi connectivity index (χ1n) is 6.54. The van der Waals surface area contributed by atoms with Crippen LogP contribution in [0.4, 0.5) is 0 Å². The van der Waals surface area contributed by atoms with Gasteiger partial charge in [0.05, 0.1) is 0 Å². The third-order valence-corrected chi connectivity index (χ3v) is 3.54. The molecule has 0 bridgehead atoms. The van der Waals surface area contributed by atoms with Crippen LogP contribution in [0.5, 0.6) is 0 Å². The first kappa shape index (κ1) is 12.5. The Kier molecular flexibility index (Phi) is 4.51. The van der Waals surface area contributed by atoms with Gasteiger partial charge in [0.15, 0.2) is 0 Å². The van der Waals surface area contributed by atoms with E-state index < -0.39 is 0 Å². The van der Waals surface area contributed by atoms with E-state index in [1.54, 1.807) is 0 Å². The van der Waals surface area contributed by atoms with Crippen molar-refractivity contribution in [3.8, 4) is 0 Å². The summed E-state index contributed by atoms with van der Waals surface area (Å²) in [6, 6.07) is 4.09. The molecule has 2 unspecified atom stereocenters. The minimum absolute atomic E-state index is 0.918. The van der Waals surface area contributed by atoms with Crippen LogP contribution in [0.25, 0.3) is 0 Å². The normalized spacial score (nSPS) is 23.0. The number of rotatable bonds is 7. The Morgan fingerprint density at radius 2 is 2.35 bits per heavy atom. The van der Waals surface area contributed by atoms with Crippen LogP contribution in [0.2, 0.25) is 0 Å². The van der Waals surface area contributed by atoms with E-state index in [1.807, 2.05) is 18.5 Å². The molecule has 1 saturated carbocycles. The standard InChI is InChI=1S/C14H23N3/c1-12-8-14(12)11-17(2)7-6-16-10-13-4-3-5-15-9-13/h3-5,9,12,14,16H,6-8,10-11H2,1-2H3. The van der Waals surface area contributed by atoms with Gasteiger partial charge in [0.25, 0.3) is 0 Å². The smallest absolute Gasteiger partial charge is 0.0312 e. The van der Waals surface area contributed by atoms with Gasteiger partial charge in [-0.1, -0.05) is 13.0 Å². The molecule has 1 aliphatic rings. The predicted molar refractivity (Wildman–Crippen MR) is 70.7 cm³/mol. The summed E-state index contributed by atoms with van der Waals surface area (Å²) in [6.07, 6.45) is 5.16. The van der Waals surface area contributed by atoms with E-state index in [9.17, 15) is 0 Å². The number of likely N-dealkylation sites (N-methyl/N-ethyl adjacent to an activating group) is 1. The summed E-state index contributed by atoms with van der Waals surface area (Å²) in [5.74, 6) is 1.92. The van der Waals surface area contributed by atoms with E-state index in [0.29, 0.717) is 0 Å². The number of nitrogens with zero attached hydrogens (tertiary/aromatic N) is 2. The summed E-state index contributed by atoms with van der Waals surface area (Å²) < 4.78 is 0. The van der Waals surface area contributed by atoms with Gasteiger partial charge < -0.3 is 10.2 Å². The lowest BCUT2D eigenvalue weighted by atomic mass is 10.3. The van der Waals surface area contributed by atoms with Crippen molar-refractivity contribution in [2.45, 2.75) is 19.9 Å². The van der Waals surface area contributed by atoms with E-state index in [0.717, 1.165) is 31.5 Å². The first-order valence-corrected chi connectivity index (χ1v) is 6.54. The molecule has 1 aromatic rings. The molecular weight excluding hydrogens is 210 g/mol. The largest absolute Gasteiger partial charge is 0.311 e. The van der Waals surface area contributed by atoms with Crippen LogP contribution in [0, 0.1) is 11.8 Å². The van der Waals surface area contributed by atoms with Gasteiger partial charge in [-0.3, -0.25) is 4.98 Å². The molecule has 1 aliphatic carbocycles.